The van der Waals surface area contributed by atoms with Gasteiger partial charge in [0.25, 0.3) is 0 Å². The van der Waals surface area contributed by atoms with Crippen LogP contribution in [0.5, 0.6) is 0 Å². The number of carbonyl (C=O) groups is 1. The Morgan fingerprint density at radius 3 is 2.88 bits per heavy atom. The largest absolute Gasteiger partial charge is 0.481 e. The monoisotopic (exact) mass is 250 g/mol. The van der Waals surface area contributed by atoms with Crippen LogP contribution in [0.15, 0.2) is 23.1 Å². The van der Waals surface area contributed by atoms with E-state index in [1.165, 1.54) is 16.0 Å². The van der Waals surface area contributed by atoms with Crippen molar-refractivity contribution in [3.05, 3.63) is 29.3 Å². The zero-order valence-corrected chi connectivity index (χ0v) is 11.3. The summed E-state index contributed by atoms with van der Waals surface area (Å²) in [5.41, 5.74) is 1.87. The lowest BCUT2D eigenvalue weighted by Crippen LogP contribution is -2.26. The zero-order chi connectivity index (χ0) is 12.6. The summed E-state index contributed by atoms with van der Waals surface area (Å²) in [7, 11) is 0. The van der Waals surface area contributed by atoms with Crippen molar-refractivity contribution in [3.8, 4) is 0 Å². The average Bonchev–Trinajstić information content (AvgIpc) is 2.59. The Kier molecular flexibility index (Phi) is 3.21. The first-order valence-corrected chi connectivity index (χ1v) is 6.79. The summed E-state index contributed by atoms with van der Waals surface area (Å²) in [4.78, 5) is 12.5. The van der Waals surface area contributed by atoms with Crippen LogP contribution in [-0.4, -0.2) is 16.3 Å². The smallest absolute Gasteiger partial charge is 0.309 e. The number of aliphatic carboxylic acids is 1. The van der Waals surface area contributed by atoms with Gasteiger partial charge in [-0.25, -0.2) is 0 Å². The maximum Gasteiger partial charge on any atom is 0.309 e. The van der Waals surface area contributed by atoms with Crippen molar-refractivity contribution in [1.82, 2.24) is 0 Å². The number of hydrogen-bond donors (Lipinski definition) is 1. The molecule has 3 heteroatoms. The Bertz CT molecular complexity index is 452. The fraction of sp³-hybridized carbons (Fsp3) is 0.500. The highest BCUT2D eigenvalue weighted by atomic mass is 32.2. The Hall–Kier alpha value is -0.960. The van der Waals surface area contributed by atoms with Crippen LogP contribution in [0.3, 0.4) is 0 Å². The summed E-state index contributed by atoms with van der Waals surface area (Å²) >= 11 is 1.88. The molecule has 1 N–H and O–H groups in total. The molecule has 1 heterocycles. The molecule has 0 bridgehead atoms. The van der Waals surface area contributed by atoms with Crippen molar-refractivity contribution in [2.24, 2.45) is 5.41 Å². The fourth-order valence-electron chi connectivity index (χ4n) is 2.19. The van der Waals surface area contributed by atoms with Crippen LogP contribution in [0.4, 0.5) is 0 Å². The molecule has 1 aromatic rings. The van der Waals surface area contributed by atoms with Crippen LogP contribution in [0.1, 0.15) is 31.9 Å². The molecule has 1 atom stereocenters. The topological polar surface area (TPSA) is 37.3 Å². The van der Waals surface area contributed by atoms with Gasteiger partial charge in [0.05, 0.1) is 5.41 Å². The van der Waals surface area contributed by atoms with Gasteiger partial charge in [-0.05, 0) is 37.8 Å². The van der Waals surface area contributed by atoms with Crippen LogP contribution in [0, 0.1) is 5.41 Å². The predicted molar refractivity (Wildman–Crippen MR) is 70.6 cm³/mol. The highest BCUT2D eigenvalue weighted by Gasteiger charge is 2.30. The number of carboxylic acids is 1. The fourth-order valence-corrected chi connectivity index (χ4v) is 3.45. The second-order valence-corrected chi connectivity index (χ2v) is 6.85. The van der Waals surface area contributed by atoms with Gasteiger partial charge in [0.1, 0.15) is 0 Å². The maximum absolute atomic E-state index is 11.2. The molecule has 0 aromatic heterocycles. The molecule has 92 valence electrons. The Balaban J connectivity index is 2.30. The van der Waals surface area contributed by atoms with Crippen LogP contribution < -0.4 is 0 Å². The lowest BCUT2D eigenvalue weighted by atomic mass is 9.85. The van der Waals surface area contributed by atoms with E-state index in [9.17, 15) is 9.90 Å². The van der Waals surface area contributed by atoms with Gasteiger partial charge in [-0.3, -0.25) is 4.79 Å². The summed E-state index contributed by atoms with van der Waals surface area (Å²) in [5, 5.41) is 9.81. The zero-order valence-electron chi connectivity index (χ0n) is 10.5. The molecule has 0 fully saturated rings. The molecule has 0 amide bonds. The van der Waals surface area contributed by atoms with Gasteiger partial charge < -0.3 is 5.11 Å². The molecule has 0 saturated heterocycles. The van der Waals surface area contributed by atoms with E-state index < -0.39 is 11.4 Å². The minimum absolute atomic E-state index is 0.602. The molecule has 0 saturated carbocycles. The molecule has 2 nitrogen and oxygen atoms in total. The van der Waals surface area contributed by atoms with Gasteiger partial charge in [-0.15, -0.1) is 11.8 Å². The van der Waals surface area contributed by atoms with Gasteiger partial charge in [-0.1, -0.05) is 25.1 Å². The highest BCUT2D eigenvalue weighted by molar-refractivity contribution is 8.00. The number of carboxylic acid groups (broad SMARTS) is 1. The third kappa shape index (κ3) is 2.49. The van der Waals surface area contributed by atoms with Crippen LogP contribution >= 0.6 is 11.8 Å². The Morgan fingerprint density at radius 2 is 2.24 bits per heavy atom. The summed E-state index contributed by atoms with van der Waals surface area (Å²) in [6, 6.07) is 6.27. The second kappa shape index (κ2) is 4.37. The lowest BCUT2D eigenvalue weighted by molar-refractivity contribution is -0.146. The minimum atomic E-state index is -0.730. The molecule has 1 aliphatic rings. The molecule has 17 heavy (non-hydrogen) atoms. The molecule has 1 aliphatic heterocycles. The van der Waals surface area contributed by atoms with Crippen LogP contribution in [0.2, 0.25) is 0 Å². The number of rotatable bonds is 3. The van der Waals surface area contributed by atoms with Crippen molar-refractivity contribution in [2.45, 2.75) is 43.8 Å². The second-order valence-electron chi connectivity index (χ2n) is 5.40. The van der Waals surface area contributed by atoms with E-state index in [1.54, 1.807) is 13.8 Å². The number of thioether (sulfide) groups is 1. The summed E-state index contributed by atoms with van der Waals surface area (Å²) in [6.45, 7) is 5.80. The molecule has 0 spiro atoms. The molecule has 0 radical (unpaired) electrons. The first-order chi connectivity index (χ1) is 7.90. The normalized spacial score (nSPS) is 19.1. The van der Waals surface area contributed by atoms with Gasteiger partial charge in [-0.2, -0.15) is 0 Å². The number of benzene rings is 1. The SMILES string of the molecule is CC1Cc2cccc(CC(C)(C)C(=O)O)c2S1. The van der Waals surface area contributed by atoms with Crippen LogP contribution in [-0.2, 0) is 17.6 Å². The maximum atomic E-state index is 11.2. The summed E-state index contributed by atoms with van der Waals surface area (Å²) in [6.07, 6.45) is 1.70. The molecular formula is C14H18O2S. The van der Waals surface area contributed by atoms with E-state index in [1.807, 2.05) is 17.8 Å². The Labute approximate surface area is 106 Å². The third-order valence-corrected chi connectivity index (χ3v) is 4.54. The molecule has 1 unspecified atom stereocenters. The van der Waals surface area contributed by atoms with Crippen molar-refractivity contribution in [1.29, 1.82) is 0 Å². The van der Waals surface area contributed by atoms with Crippen molar-refractivity contribution >= 4 is 17.7 Å². The van der Waals surface area contributed by atoms with E-state index >= 15 is 0 Å². The molecule has 1 aromatic carbocycles. The average molecular weight is 250 g/mol. The standard InChI is InChI=1S/C14H18O2S/c1-9-7-10-5-4-6-11(12(10)17-9)8-14(2,3)13(15)16/h4-6,9H,7-8H2,1-3H3,(H,15,16). The number of hydrogen-bond acceptors (Lipinski definition) is 2. The van der Waals surface area contributed by atoms with E-state index in [4.69, 9.17) is 0 Å². The van der Waals surface area contributed by atoms with Crippen molar-refractivity contribution in [3.63, 3.8) is 0 Å². The minimum Gasteiger partial charge on any atom is -0.481 e. The third-order valence-electron chi connectivity index (χ3n) is 3.22. The van der Waals surface area contributed by atoms with Gasteiger partial charge in [0.2, 0.25) is 0 Å². The first kappa shape index (κ1) is 12.5. The van der Waals surface area contributed by atoms with Crippen LogP contribution in [0.25, 0.3) is 0 Å². The lowest BCUT2D eigenvalue weighted by Gasteiger charge is -2.20. The Morgan fingerprint density at radius 1 is 1.53 bits per heavy atom. The summed E-state index contributed by atoms with van der Waals surface area (Å²) < 4.78 is 0. The van der Waals surface area contributed by atoms with Gasteiger partial charge in [0, 0.05) is 10.1 Å². The summed E-state index contributed by atoms with van der Waals surface area (Å²) in [5.74, 6) is -0.730. The first-order valence-electron chi connectivity index (χ1n) is 5.91. The van der Waals surface area contributed by atoms with E-state index in [0.29, 0.717) is 11.7 Å². The number of fused-ring (bicyclic) bond motifs is 1. The van der Waals surface area contributed by atoms with Crippen molar-refractivity contribution in [2.75, 3.05) is 0 Å². The predicted octanol–water partition coefficient (Wildman–Crippen LogP) is 3.38. The van der Waals surface area contributed by atoms with E-state index in [-0.39, 0.29) is 0 Å². The molecule has 0 aliphatic carbocycles. The van der Waals surface area contributed by atoms with E-state index in [2.05, 4.69) is 19.1 Å². The van der Waals surface area contributed by atoms with Gasteiger partial charge in [0.15, 0.2) is 0 Å². The van der Waals surface area contributed by atoms with Gasteiger partial charge >= 0.3 is 5.97 Å². The molecular weight excluding hydrogens is 232 g/mol. The van der Waals surface area contributed by atoms with E-state index in [0.717, 1.165) is 6.42 Å². The highest BCUT2D eigenvalue weighted by Crippen LogP contribution is 2.40. The quantitative estimate of drug-likeness (QED) is 0.893. The van der Waals surface area contributed by atoms with Crippen molar-refractivity contribution < 1.29 is 9.90 Å². The molecule has 2 rings (SSSR count).